The van der Waals surface area contributed by atoms with E-state index in [-0.39, 0.29) is 22.6 Å². The van der Waals surface area contributed by atoms with Crippen LogP contribution in [0.15, 0.2) is 0 Å². The summed E-state index contributed by atoms with van der Waals surface area (Å²) in [4.78, 5) is 9.44. The van der Waals surface area contributed by atoms with Gasteiger partial charge in [0.1, 0.15) is 5.78 Å². The van der Waals surface area contributed by atoms with Gasteiger partial charge in [0.05, 0.1) is 0 Å². The van der Waals surface area contributed by atoms with Crippen LogP contribution in [-0.2, 0) is 21.6 Å². The zero-order valence-corrected chi connectivity index (χ0v) is 4.28. The van der Waals surface area contributed by atoms with Crippen molar-refractivity contribution in [3.63, 3.8) is 0 Å². The van der Waals surface area contributed by atoms with Crippen molar-refractivity contribution in [3.05, 3.63) is 0 Å². The van der Waals surface area contributed by atoms with Gasteiger partial charge in [-0.05, 0) is 13.8 Å². The topological polar surface area (TPSA) is 17.1 Å². The summed E-state index contributed by atoms with van der Waals surface area (Å²) in [6.45, 7) is 3.06. The molecule has 0 N–H and O–H groups in total. The Balaban J connectivity index is 0. The summed E-state index contributed by atoms with van der Waals surface area (Å²) in [5.74, 6) is 0.167. The van der Waals surface area contributed by atoms with Crippen molar-refractivity contribution in [1.82, 2.24) is 0 Å². The Morgan fingerprint density at radius 3 is 1.40 bits per heavy atom. The Hall–Kier alpha value is 0.176. The van der Waals surface area contributed by atoms with E-state index in [4.69, 9.17) is 0 Å². The number of rotatable bonds is 0. The Morgan fingerprint density at radius 2 is 1.40 bits per heavy atom. The van der Waals surface area contributed by atoms with Crippen LogP contribution in [0.2, 0.25) is 0 Å². The van der Waals surface area contributed by atoms with E-state index < -0.39 is 0 Å². The van der Waals surface area contributed by atoms with Crippen LogP contribution in [0, 0.1) is 0 Å². The number of ketones is 1. The molecular weight excluding hydrogens is 111 g/mol. The smallest absolute Gasteiger partial charge is 0.300 e. The maximum atomic E-state index is 9.44. The molecule has 0 bridgehead atoms. The van der Waals surface area contributed by atoms with E-state index in [1.807, 2.05) is 0 Å². The Labute approximate surface area is 42.0 Å². The van der Waals surface area contributed by atoms with Crippen molar-refractivity contribution >= 4 is 5.78 Å². The largest absolute Gasteiger partial charge is 2.00 e. The average molecular weight is 117 g/mol. The molecule has 31 valence electrons. The van der Waals surface area contributed by atoms with Crippen LogP contribution in [0.5, 0.6) is 0 Å². The van der Waals surface area contributed by atoms with E-state index >= 15 is 0 Å². The van der Waals surface area contributed by atoms with Crippen LogP contribution >= 0.6 is 0 Å². The Morgan fingerprint density at radius 1 is 1.40 bits per heavy atom. The second kappa shape index (κ2) is 4.18. The molecule has 0 aliphatic heterocycles. The minimum atomic E-state index is 0. The van der Waals surface area contributed by atoms with Crippen LogP contribution in [0.1, 0.15) is 13.8 Å². The van der Waals surface area contributed by atoms with Gasteiger partial charge >= 0.3 is 16.8 Å². The second-order valence-electron chi connectivity index (χ2n) is 0.908. The van der Waals surface area contributed by atoms with Gasteiger partial charge in [0.25, 0.3) is 0 Å². The molecule has 0 aromatic rings. The Bertz CT molecular complexity index is 29.9. The molecule has 0 heterocycles. The molecular formula is C3H6CoO+2. The van der Waals surface area contributed by atoms with Gasteiger partial charge in [0, 0.05) is 0 Å². The Kier molecular flexibility index (Phi) is 7.47. The van der Waals surface area contributed by atoms with Crippen LogP contribution in [0.25, 0.3) is 0 Å². The first-order valence-electron chi connectivity index (χ1n) is 1.20. The zero-order valence-electron chi connectivity index (χ0n) is 3.24. The normalized spacial score (nSPS) is 5.20. The summed E-state index contributed by atoms with van der Waals surface area (Å²) in [6.07, 6.45) is 0. The van der Waals surface area contributed by atoms with Crippen molar-refractivity contribution in [2.24, 2.45) is 0 Å². The number of Topliss-reactive ketones (excluding diaryl/α,β-unsaturated/α-hetero) is 1. The summed E-state index contributed by atoms with van der Waals surface area (Å²) in [6, 6.07) is 0. The molecule has 0 aromatic carbocycles. The third kappa shape index (κ3) is 635. The van der Waals surface area contributed by atoms with Crippen LogP contribution in [0.3, 0.4) is 0 Å². The molecule has 0 saturated heterocycles. The first kappa shape index (κ1) is 8.95. The maximum absolute atomic E-state index is 9.44. The van der Waals surface area contributed by atoms with Crippen LogP contribution < -0.4 is 0 Å². The first-order valence-corrected chi connectivity index (χ1v) is 1.20. The predicted molar refractivity (Wildman–Crippen MR) is 16.4 cm³/mol. The average Bonchev–Trinajstić information content (AvgIpc) is 0.811. The molecule has 0 fully saturated rings. The van der Waals surface area contributed by atoms with Gasteiger partial charge in [-0.25, -0.2) is 0 Å². The quantitative estimate of drug-likeness (QED) is 0.453. The fourth-order valence-corrected chi connectivity index (χ4v) is 0. The predicted octanol–water partition coefficient (Wildman–Crippen LogP) is 0.593. The molecule has 1 radical (unpaired) electrons. The van der Waals surface area contributed by atoms with E-state index in [0.29, 0.717) is 0 Å². The summed E-state index contributed by atoms with van der Waals surface area (Å²) >= 11 is 0. The van der Waals surface area contributed by atoms with Gasteiger partial charge in [0.15, 0.2) is 0 Å². The van der Waals surface area contributed by atoms with E-state index in [2.05, 4.69) is 0 Å². The standard InChI is InChI=1S/C3H6O.Co/c1-3(2)4;/h1-2H3;/q;+2. The first-order chi connectivity index (χ1) is 1.73. The van der Waals surface area contributed by atoms with Gasteiger partial charge in [-0.15, -0.1) is 0 Å². The monoisotopic (exact) mass is 117 g/mol. The SMILES string of the molecule is CC(C)=O.[Co+2]. The second-order valence-corrected chi connectivity index (χ2v) is 0.908. The third-order valence-electron chi connectivity index (χ3n) is 0. The molecule has 0 spiro atoms. The molecule has 0 aliphatic carbocycles. The summed E-state index contributed by atoms with van der Waals surface area (Å²) in [5, 5.41) is 0. The van der Waals surface area contributed by atoms with Crippen molar-refractivity contribution in [3.8, 4) is 0 Å². The fourth-order valence-electron chi connectivity index (χ4n) is 0. The number of carbonyl (C=O) groups is 1. The minimum absolute atomic E-state index is 0. The molecule has 5 heavy (non-hydrogen) atoms. The van der Waals surface area contributed by atoms with Gasteiger partial charge in [-0.1, -0.05) is 0 Å². The molecule has 1 nitrogen and oxygen atoms in total. The molecule has 0 aliphatic rings. The van der Waals surface area contributed by atoms with E-state index in [9.17, 15) is 4.79 Å². The third-order valence-corrected chi connectivity index (χ3v) is 0. The molecule has 0 aromatic heterocycles. The molecule has 0 amide bonds. The number of hydrogen-bond acceptors (Lipinski definition) is 1. The van der Waals surface area contributed by atoms with Gasteiger partial charge in [-0.3, -0.25) is 0 Å². The molecule has 0 atom stereocenters. The van der Waals surface area contributed by atoms with Crippen molar-refractivity contribution in [2.75, 3.05) is 0 Å². The van der Waals surface area contributed by atoms with Gasteiger partial charge < -0.3 is 4.79 Å². The molecule has 2 heteroatoms. The van der Waals surface area contributed by atoms with E-state index in [0.717, 1.165) is 0 Å². The van der Waals surface area contributed by atoms with Crippen LogP contribution in [-0.4, -0.2) is 5.78 Å². The maximum Gasteiger partial charge on any atom is 2.00 e. The number of hydrogen-bond donors (Lipinski definition) is 0. The van der Waals surface area contributed by atoms with E-state index in [1.54, 1.807) is 0 Å². The van der Waals surface area contributed by atoms with Crippen molar-refractivity contribution in [2.45, 2.75) is 13.8 Å². The summed E-state index contributed by atoms with van der Waals surface area (Å²) < 4.78 is 0. The zero-order chi connectivity index (χ0) is 3.58. The summed E-state index contributed by atoms with van der Waals surface area (Å²) in [7, 11) is 0. The minimum Gasteiger partial charge on any atom is -0.300 e. The molecule has 0 rings (SSSR count). The van der Waals surface area contributed by atoms with Gasteiger partial charge in [-0.2, -0.15) is 0 Å². The summed E-state index contributed by atoms with van der Waals surface area (Å²) in [5.41, 5.74) is 0. The van der Waals surface area contributed by atoms with Gasteiger partial charge in [0.2, 0.25) is 0 Å². The van der Waals surface area contributed by atoms with Crippen molar-refractivity contribution in [1.29, 1.82) is 0 Å². The van der Waals surface area contributed by atoms with E-state index in [1.165, 1.54) is 13.8 Å². The van der Waals surface area contributed by atoms with Crippen LogP contribution in [0.4, 0.5) is 0 Å². The number of carbonyl (C=O) groups excluding carboxylic acids is 1. The molecule has 0 unspecified atom stereocenters. The fraction of sp³-hybridized carbons (Fsp3) is 0.667. The molecule has 0 saturated carbocycles. The van der Waals surface area contributed by atoms with Crippen molar-refractivity contribution < 1.29 is 21.6 Å².